The summed E-state index contributed by atoms with van der Waals surface area (Å²) in [4.78, 5) is 14.2. The lowest BCUT2D eigenvalue weighted by Crippen LogP contribution is -2.31. The number of amides is 1. The van der Waals surface area contributed by atoms with Gasteiger partial charge in [-0.05, 0) is 43.2 Å². The van der Waals surface area contributed by atoms with Crippen molar-refractivity contribution in [3.05, 3.63) is 59.3 Å². The molecule has 0 aliphatic rings. The molecule has 1 aromatic heterocycles. The van der Waals surface area contributed by atoms with Gasteiger partial charge in [-0.1, -0.05) is 24.3 Å². The van der Waals surface area contributed by atoms with Crippen LogP contribution in [-0.4, -0.2) is 41.2 Å². The molecule has 0 spiro atoms. The summed E-state index contributed by atoms with van der Waals surface area (Å²) in [6.45, 7) is 5.01. The number of fused-ring (bicyclic) bond motifs is 1. The van der Waals surface area contributed by atoms with Crippen molar-refractivity contribution in [2.75, 3.05) is 20.2 Å². The van der Waals surface area contributed by atoms with Gasteiger partial charge in [-0.2, -0.15) is 5.10 Å². The van der Waals surface area contributed by atoms with Gasteiger partial charge >= 0.3 is 0 Å². The molecule has 0 saturated heterocycles. The van der Waals surface area contributed by atoms with E-state index in [9.17, 15) is 4.79 Å². The summed E-state index contributed by atoms with van der Waals surface area (Å²) in [5, 5.41) is 7.88. The summed E-state index contributed by atoms with van der Waals surface area (Å²) in [6.07, 6.45) is 0. The Morgan fingerprint density at radius 3 is 2.62 bits per heavy atom. The summed E-state index contributed by atoms with van der Waals surface area (Å²) >= 11 is 0. The van der Waals surface area contributed by atoms with Gasteiger partial charge in [-0.3, -0.25) is 9.89 Å². The number of benzene rings is 2. The number of hydrogen-bond acceptors (Lipinski definition) is 3. The number of carbonyl (C=O) groups is 1. The molecule has 0 fully saturated rings. The average molecular weight is 323 g/mol. The third-order valence-corrected chi connectivity index (χ3v) is 3.91. The Morgan fingerprint density at radius 2 is 1.88 bits per heavy atom. The van der Waals surface area contributed by atoms with Gasteiger partial charge < -0.3 is 9.64 Å². The molecule has 5 heteroatoms. The first-order chi connectivity index (χ1) is 11.5. The Bertz CT molecular complexity index is 850. The molecule has 0 saturated carbocycles. The zero-order valence-electron chi connectivity index (χ0n) is 14.2. The first-order valence-electron chi connectivity index (χ1n) is 7.94. The molecule has 24 heavy (non-hydrogen) atoms. The van der Waals surface area contributed by atoms with Gasteiger partial charge in [0.2, 0.25) is 0 Å². The van der Waals surface area contributed by atoms with Crippen LogP contribution in [0.3, 0.4) is 0 Å². The summed E-state index contributed by atoms with van der Waals surface area (Å²) < 4.78 is 5.77. The van der Waals surface area contributed by atoms with Gasteiger partial charge in [-0.15, -0.1) is 0 Å². The normalized spacial score (nSPS) is 10.8. The Morgan fingerprint density at radius 1 is 1.17 bits per heavy atom. The van der Waals surface area contributed by atoms with E-state index < -0.39 is 0 Å². The summed E-state index contributed by atoms with van der Waals surface area (Å²) in [7, 11) is 1.76. The molecule has 1 N–H and O–H groups in total. The molecule has 0 aliphatic carbocycles. The van der Waals surface area contributed by atoms with Crippen LogP contribution in [0.5, 0.6) is 5.75 Å². The van der Waals surface area contributed by atoms with E-state index in [4.69, 9.17) is 4.74 Å². The van der Waals surface area contributed by atoms with Crippen molar-refractivity contribution in [2.24, 2.45) is 0 Å². The van der Waals surface area contributed by atoms with E-state index in [-0.39, 0.29) is 5.91 Å². The fourth-order valence-electron chi connectivity index (χ4n) is 2.73. The van der Waals surface area contributed by atoms with E-state index in [1.165, 1.54) is 0 Å². The number of nitrogens with one attached hydrogen (secondary N) is 1. The van der Waals surface area contributed by atoms with E-state index in [2.05, 4.69) is 16.3 Å². The van der Waals surface area contributed by atoms with Crippen molar-refractivity contribution >= 4 is 16.8 Å². The number of hydrogen-bond donors (Lipinski definition) is 1. The highest BCUT2D eigenvalue weighted by Crippen LogP contribution is 2.17. The van der Waals surface area contributed by atoms with Crippen molar-refractivity contribution in [3.63, 3.8) is 0 Å². The molecule has 1 amide bonds. The van der Waals surface area contributed by atoms with Crippen LogP contribution in [0.2, 0.25) is 0 Å². The molecule has 3 aromatic rings. The van der Waals surface area contributed by atoms with Crippen molar-refractivity contribution < 1.29 is 9.53 Å². The lowest BCUT2D eigenvalue weighted by atomic mass is 10.1. The van der Waals surface area contributed by atoms with E-state index in [1.807, 2.05) is 50.2 Å². The van der Waals surface area contributed by atoms with Gasteiger partial charge in [0.05, 0.1) is 12.1 Å². The SMILES string of the molecule is Cc1cc(C)cc(OCCN(C)C(=O)c2n[nH]c3ccccc23)c1. The molecule has 0 unspecified atom stereocenters. The molecule has 0 aliphatic heterocycles. The number of carbonyl (C=O) groups excluding carboxylic acids is 1. The molecule has 0 atom stereocenters. The van der Waals surface area contributed by atoms with E-state index in [0.717, 1.165) is 27.8 Å². The summed E-state index contributed by atoms with van der Waals surface area (Å²) in [5.41, 5.74) is 3.63. The van der Waals surface area contributed by atoms with Crippen molar-refractivity contribution in [2.45, 2.75) is 13.8 Å². The second-order valence-corrected chi connectivity index (χ2v) is 6.02. The lowest BCUT2D eigenvalue weighted by molar-refractivity contribution is 0.0770. The average Bonchev–Trinajstić information content (AvgIpc) is 2.97. The minimum atomic E-state index is -0.114. The Kier molecular flexibility index (Phi) is 4.51. The zero-order chi connectivity index (χ0) is 17.1. The maximum absolute atomic E-state index is 12.6. The van der Waals surface area contributed by atoms with Crippen LogP contribution in [0, 0.1) is 13.8 Å². The van der Waals surface area contributed by atoms with Crippen molar-refractivity contribution in [1.29, 1.82) is 0 Å². The standard InChI is InChI=1S/C19H21N3O2/c1-13-10-14(2)12-15(11-13)24-9-8-22(3)19(23)18-16-6-4-5-7-17(16)20-21-18/h4-7,10-12H,8-9H2,1-3H3,(H,20,21). The van der Waals surface area contributed by atoms with E-state index in [0.29, 0.717) is 18.8 Å². The maximum atomic E-state index is 12.6. The smallest absolute Gasteiger partial charge is 0.274 e. The van der Waals surface area contributed by atoms with Gasteiger partial charge in [0.15, 0.2) is 5.69 Å². The maximum Gasteiger partial charge on any atom is 0.274 e. The topological polar surface area (TPSA) is 58.2 Å². The number of rotatable bonds is 5. The number of aryl methyl sites for hydroxylation is 2. The summed E-state index contributed by atoms with van der Waals surface area (Å²) in [5.74, 6) is 0.718. The number of para-hydroxylation sites is 1. The fraction of sp³-hybridized carbons (Fsp3) is 0.263. The number of H-pyrrole nitrogens is 1. The highest BCUT2D eigenvalue weighted by molar-refractivity contribution is 6.04. The predicted molar refractivity (Wildman–Crippen MR) is 94.5 cm³/mol. The molecule has 124 valence electrons. The van der Waals surface area contributed by atoms with Crippen LogP contribution in [0.1, 0.15) is 21.6 Å². The predicted octanol–water partition coefficient (Wildman–Crippen LogP) is 3.33. The molecule has 0 bridgehead atoms. The van der Waals surface area contributed by atoms with E-state index >= 15 is 0 Å². The van der Waals surface area contributed by atoms with Gasteiger partial charge in [0.25, 0.3) is 5.91 Å². The van der Waals surface area contributed by atoms with Gasteiger partial charge in [0.1, 0.15) is 12.4 Å². The minimum Gasteiger partial charge on any atom is -0.492 e. The molecule has 5 nitrogen and oxygen atoms in total. The van der Waals surface area contributed by atoms with Crippen LogP contribution >= 0.6 is 0 Å². The molecular formula is C19H21N3O2. The van der Waals surface area contributed by atoms with E-state index in [1.54, 1.807) is 11.9 Å². The van der Waals surface area contributed by atoms with Crippen LogP contribution in [0.15, 0.2) is 42.5 Å². The zero-order valence-corrected chi connectivity index (χ0v) is 14.2. The van der Waals surface area contributed by atoms with Crippen molar-refractivity contribution in [3.8, 4) is 5.75 Å². The van der Waals surface area contributed by atoms with Gasteiger partial charge in [-0.25, -0.2) is 0 Å². The molecule has 1 heterocycles. The second kappa shape index (κ2) is 6.74. The molecule has 2 aromatic carbocycles. The van der Waals surface area contributed by atoms with Gasteiger partial charge in [0, 0.05) is 12.4 Å². The molecular weight excluding hydrogens is 302 g/mol. The van der Waals surface area contributed by atoms with Crippen molar-refractivity contribution in [1.82, 2.24) is 15.1 Å². The Balaban J connectivity index is 1.62. The van der Waals surface area contributed by atoms with Crippen LogP contribution in [0.4, 0.5) is 0 Å². The first-order valence-corrected chi connectivity index (χ1v) is 7.94. The Hall–Kier alpha value is -2.82. The highest BCUT2D eigenvalue weighted by Gasteiger charge is 2.17. The lowest BCUT2D eigenvalue weighted by Gasteiger charge is -2.17. The second-order valence-electron chi connectivity index (χ2n) is 6.02. The third-order valence-electron chi connectivity index (χ3n) is 3.91. The first kappa shape index (κ1) is 16.1. The van der Waals surface area contributed by atoms with Crippen LogP contribution in [0.25, 0.3) is 10.9 Å². The van der Waals surface area contributed by atoms with Crippen LogP contribution in [-0.2, 0) is 0 Å². The molecule has 3 rings (SSSR count). The number of nitrogens with zero attached hydrogens (tertiary/aromatic N) is 2. The largest absolute Gasteiger partial charge is 0.492 e. The minimum absolute atomic E-state index is 0.114. The Labute approximate surface area is 141 Å². The number of aromatic nitrogens is 2. The van der Waals surface area contributed by atoms with Crippen LogP contribution < -0.4 is 4.74 Å². The fourth-order valence-corrected chi connectivity index (χ4v) is 2.73. The number of aromatic amines is 1. The number of ether oxygens (including phenoxy) is 1. The summed E-state index contributed by atoms with van der Waals surface area (Å²) in [6, 6.07) is 13.7. The quantitative estimate of drug-likeness (QED) is 0.783. The highest BCUT2D eigenvalue weighted by atomic mass is 16.5. The monoisotopic (exact) mass is 323 g/mol. The third kappa shape index (κ3) is 3.40. The number of likely N-dealkylation sites (N-methyl/N-ethyl adjacent to an activating group) is 1. The molecule has 0 radical (unpaired) electrons.